The molecule has 1 fully saturated rings. The Labute approximate surface area is 139 Å². The molecule has 1 nitrogen and oxygen atoms in total. The molecule has 0 aromatic heterocycles. The summed E-state index contributed by atoms with van der Waals surface area (Å²) in [7, 11) is 0. The molecule has 2 rings (SSSR count). The van der Waals surface area contributed by atoms with Crippen molar-refractivity contribution in [3.05, 3.63) is 34.3 Å². The van der Waals surface area contributed by atoms with Crippen LogP contribution in [0.25, 0.3) is 0 Å². The van der Waals surface area contributed by atoms with E-state index in [1.807, 2.05) is 0 Å². The van der Waals surface area contributed by atoms with Crippen molar-refractivity contribution in [2.45, 2.75) is 64.7 Å². The molecule has 1 aromatic rings. The maximum absolute atomic E-state index is 3.61. The van der Waals surface area contributed by atoms with Crippen LogP contribution in [-0.2, 0) is 5.41 Å². The zero-order chi connectivity index (χ0) is 15.3. The lowest BCUT2D eigenvalue weighted by atomic mass is 9.48. The lowest BCUT2D eigenvalue weighted by Crippen LogP contribution is -2.54. The second kappa shape index (κ2) is 7.28. The third-order valence-electron chi connectivity index (χ3n) is 5.16. The van der Waals surface area contributed by atoms with E-state index in [0.717, 1.165) is 13.1 Å². The number of hydrogen-bond acceptors (Lipinski definition) is 1. The average molecular weight is 352 g/mol. The first kappa shape index (κ1) is 17.0. The second-order valence-corrected chi connectivity index (χ2v) is 7.84. The lowest BCUT2D eigenvalue weighted by Gasteiger charge is -2.58. The predicted octanol–water partition coefficient (Wildman–Crippen LogP) is 5.68. The van der Waals surface area contributed by atoms with Gasteiger partial charge in [0.25, 0.3) is 0 Å². The Kier molecular flexibility index (Phi) is 5.90. The highest BCUT2D eigenvalue weighted by atomic mass is 79.9. The number of hydrogen-bond donors (Lipinski definition) is 1. The van der Waals surface area contributed by atoms with Gasteiger partial charge in [-0.2, -0.15) is 0 Å². The maximum Gasteiger partial charge on any atom is 0.0175 e. The third-order valence-corrected chi connectivity index (χ3v) is 5.69. The standard InChI is InChI=1S/C19H30BrN/c1-4-11-18(12-5-2)13-19(14-18,15-21-6-3)16-7-9-17(20)10-8-16/h7-10,21H,4-6,11-15H2,1-3H3. The van der Waals surface area contributed by atoms with E-state index in [2.05, 4.69) is 66.3 Å². The zero-order valence-corrected chi connectivity index (χ0v) is 15.4. The fraction of sp³-hybridized carbons (Fsp3) is 0.684. The minimum Gasteiger partial charge on any atom is -0.316 e. The first-order valence-electron chi connectivity index (χ1n) is 8.56. The normalized spacial score (nSPS) is 19.2. The smallest absolute Gasteiger partial charge is 0.0175 e. The molecule has 1 saturated carbocycles. The maximum atomic E-state index is 3.61. The van der Waals surface area contributed by atoms with E-state index < -0.39 is 0 Å². The topological polar surface area (TPSA) is 12.0 Å². The van der Waals surface area contributed by atoms with Crippen LogP contribution in [0.3, 0.4) is 0 Å². The molecule has 0 atom stereocenters. The van der Waals surface area contributed by atoms with Crippen LogP contribution in [0.1, 0.15) is 64.9 Å². The van der Waals surface area contributed by atoms with Crippen molar-refractivity contribution >= 4 is 15.9 Å². The Morgan fingerprint density at radius 1 is 1.00 bits per heavy atom. The lowest BCUT2D eigenvalue weighted by molar-refractivity contribution is 0.00313. The summed E-state index contributed by atoms with van der Waals surface area (Å²) in [5, 5.41) is 3.61. The van der Waals surface area contributed by atoms with E-state index in [1.165, 1.54) is 48.6 Å². The van der Waals surface area contributed by atoms with Crippen molar-refractivity contribution in [1.82, 2.24) is 5.32 Å². The fourth-order valence-corrected chi connectivity index (χ4v) is 4.79. The number of rotatable bonds is 8. The molecule has 0 unspecified atom stereocenters. The van der Waals surface area contributed by atoms with Gasteiger partial charge in [0, 0.05) is 16.4 Å². The Morgan fingerprint density at radius 2 is 1.57 bits per heavy atom. The van der Waals surface area contributed by atoms with Crippen molar-refractivity contribution in [2.24, 2.45) is 5.41 Å². The molecular formula is C19H30BrN. The Balaban J connectivity index is 2.19. The second-order valence-electron chi connectivity index (χ2n) is 6.92. The van der Waals surface area contributed by atoms with E-state index in [9.17, 15) is 0 Å². The van der Waals surface area contributed by atoms with Crippen molar-refractivity contribution in [3.8, 4) is 0 Å². The molecule has 2 heteroatoms. The quantitative estimate of drug-likeness (QED) is 0.635. The molecule has 0 saturated heterocycles. The highest BCUT2D eigenvalue weighted by Gasteiger charge is 2.53. The van der Waals surface area contributed by atoms with Gasteiger partial charge < -0.3 is 5.32 Å². The third kappa shape index (κ3) is 3.71. The van der Waals surface area contributed by atoms with Crippen LogP contribution in [0.15, 0.2) is 28.7 Å². The molecule has 0 heterocycles. The van der Waals surface area contributed by atoms with Crippen LogP contribution in [-0.4, -0.2) is 13.1 Å². The summed E-state index contributed by atoms with van der Waals surface area (Å²) >= 11 is 3.56. The van der Waals surface area contributed by atoms with Gasteiger partial charge in [0.05, 0.1) is 0 Å². The van der Waals surface area contributed by atoms with Crippen molar-refractivity contribution in [3.63, 3.8) is 0 Å². The van der Waals surface area contributed by atoms with Crippen LogP contribution in [0.2, 0.25) is 0 Å². The van der Waals surface area contributed by atoms with E-state index in [0.29, 0.717) is 10.8 Å². The van der Waals surface area contributed by atoms with Gasteiger partial charge in [-0.05, 0) is 55.3 Å². The van der Waals surface area contributed by atoms with Crippen LogP contribution in [0, 0.1) is 5.41 Å². The van der Waals surface area contributed by atoms with Gasteiger partial charge in [-0.15, -0.1) is 0 Å². The fourth-order valence-electron chi connectivity index (χ4n) is 4.52. The summed E-state index contributed by atoms with van der Waals surface area (Å²) in [6.45, 7) is 9.06. The molecule has 1 N–H and O–H groups in total. The van der Waals surface area contributed by atoms with Crippen LogP contribution in [0.5, 0.6) is 0 Å². The van der Waals surface area contributed by atoms with Crippen molar-refractivity contribution < 1.29 is 0 Å². The summed E-state index contributed by atoms with van der Waals surface area (Å²) < 4.78 is 1.18. The molecule has 118 valence electrons. The number of nitrogens with one attached hydrogen (secondary N) is 1. The first-order chi connectivity index (χ1) is 10.1. The summed E-state index contributed by atoms with van der Waals surface area (Å²) in [6, 6.07) is 9.04. The molecule has 1 aliphatic carbocycles. The van der Waals surface area contributed by atoms with Gasteiger partial charge in [0.1, 0.15) is 0 Å². The van der Waals surface area contributed by atoms with Gasteiger partial charge in [-0.1, -0.05) is 61.7 Å². The number of halogens is 1. The Hall–Kier alpha value is -0.340. The molecule has 21 heavy (non-hydrogen) atoms. The highest BCUT2D eigenvalue weighted by molar-refractivity contribution is 9.10. The van der Waals surface area contributed by atoms with Crippen LogP contribution in [0.4, 0.5) is 0 Å². The number of benzene rings is 1. The van der Waals surface area contributed by atoms with Crippen LogP contribution < -0.4 is 5.32 Å². The van der Waals surface area contributed by atoms with E-state index in [-0.39, 0.29) is 0 Å². The first-order valence-corrected chi connectivity index (χ1v) is 9.36. The molecule has 0 radical (unpaired) electrons. The zero-order valence-electron chi connectivity index (χ0n) is 13.8. The minimum atomic E-state index is 0.362. The van der Waals surface area contributed by atoms with Gasteiger partial charge >= 0.3 is 0 Å². The molecule has 1 aliphatic rings. The van der Waals surface area contributed by atoms with Crippen molar-refractivity contribution in [2.75, 3.05) is 13.1 Å². The van der Waals surface area contributed by atoms with E-state index in [1.54, 1.807) is 0 Å². The molecular weight excluding hydrogens is 322 g/mol. The summed E-state index contributed by atoms with van der Waals surface area (Å²) in [5.41, 5.74) is 2.49. The van der Waals surface area contributed by atoms with Gasteiger partial charge in [-0.25, -0.2) is 0 Å². The molecule has 1 aromatic carbocycles. The van der Waals surface area contributed by atoms with Gasteiger partial charge in [0.2, 0.25) is 0 Å². The summed E-state index contributed by atoms with van der Waals surface area (Å²) in [4.78, 5) is 0. The SMILES string of the molecule is CCCC1(CCC)CC(CNCC)(c2ccc(Br)cc2)C1. The van der Waals surface area contributed by atoms with Crippen molar-refractivity contribution in [1.29, 1.82) is 0 Å². The average Bonchev–Trinajstić information content (AvgIpc) is 2.44. The van der Waals surface area contributed by atoms with E-state index >= 15 is 0 Å². The summed E-state index contributed by atoms with van der Waals surface area (Å²) in [5.74, 6) is 0. The monoisotopic (exact) mass is 351 g/mol. The van der Waals surface area contributed by atoms with Gasteiger partial charge in [-0.3, -0.25) is 0 Å². The highest BCUT2D eigenvalue weighted by Crippen LogP contribution is 2.60. The van der Waals surface area contributed by atoms with Gasteiger partial charge in [0.15, 0.2) is 0 Å². The molecule has 0 spiro atoms. The van der Waals surface area contributed by atoms with Crippen LogP contribution >= 0.6 is 15.9 Å². The Morgan fingerprint density at radius 3 is 2.05 bits per heavy atom. The molecule has 0 aliphatic heterocycles. The predicted molar refractivity (Wildman–Crippen MR) is 95.8 cm³/mol. The largest absolute Gasteiger partial charge is 0.316 e. The molecule has 0 bridgehead atoms. The Bertz CT molecular complexity index is 423. The molecule has 0 amide bonds. The number of likely N-dealkylation sites (N-methyl/N-ethyl adjacent to an activating group) is 1. The minimum absolute atomic E-state index is 0.362. The summed E-state index contributed by atoms with van der Waals surface area (Å²) in [6.07, 6.45) is 8.14. The van der Waals surface area contributed by atoms with E-state index in [4.69, 9.17) is 0 Å².